The predicted molar refractivity (Wildman–Crippen MR) is 120 cm³/mol. The van der Waals surface area contributed by atoms with Crippen LogP contribution in [-0.4, -0.2) is 17.7 Å². The van der Waals surface area contributed by atoms with E-state index in [-0.39, 0.29) is 11.2 Å². The Balaban J connectivity index is 2.15. The third-order valence-corrected chi connectivity index (χ3v) is 6.44. The Morgan fingerprint density at radius 1 is 0.821 bits per heavy atom. The van der Waals surface area contributed by atoms with Crippen LogP contribution in [-0.2, 0) is 9.54 Å². The van der Waals surface area contributed by atoms with E-state index < -0.39 is 4.75 Å². The molecule has 1 amide bonds. The van der Waals surface area contributed by atoms with Gasteiger partial charge in [0.25, 0.3) is 0 Å². The number of carbonyl (C=O) groups excluding carboxylic acids is 1. The number of thioether (sulfide) groups is 1. The molecule has 1 atom stereocenters. The summed E-state index contributed by atoms with van der Waals surface area (Å²) >= 11 is 1.70. The van der Waals surface area contributed by atoms with Crippen LogP contribution in [0.4, 0.5) is 0 Å². The molecule has 144 valence electrons. The fourth-order valence-corrected chi connectivity index (χ4v) is 4.97. The summed E-state index contributed by atoms with van der Waals surface area (Å²) in [6.45, 7) is 4.78. The van der Waals surface area contributed by atoms with Gasteiger partial charge in [0.2, 0.25) is 5.91 Å². The molecular weight excluding hydrogens is 362 g/mol. The van der Waals surface area contributed by atoms with Crippen LogP contribution in [0.3, 0.4) is 0 Å². The van der Waals surface area contributed by atoms with Crippen molar-refractivity contribution in [3.63, 3.8) is 0 Å². The fraction of sp³-hybridized carbons (Fsp3) is 0.240. The van der Waals surface area contributed by atoms with Gasteiger partial charge in [-0.25, -0.2) is 0 Å². The Hall–Kier alpha value is -2.52. The van der Waals surface area contributed by atoms with Crippen LogP contribution in [0, 0.1) is 0 Å². The summed E-state index contributed by atoms with van der Waals surface area (Å²) in [5, 5.41) is 2.85. The molecule has 0 aliphatic rings. The summed E-state index contributed by atoms with van der Waals surface area (Å²) < 4.78 is -0.466. The highest BCUT2D eigenvalue weighted by molar-refractivity contribution is 8.01. The molecular formula is C25H27NOS. The molecule has 0 spiro atoms. The predicted octanol–water partition coefficient (Wildman–Crippen LogP) is 5.63. The maximum atomic E-state index is 12.7. The van der Waals surface area contributed by atoms with Crippen molar-refractivity contribution in [2.24, 2.45) is 0 Å². The zero-order valence-corrected chi connectivity index (χ0v) is 17.3. The number of hydrogen-bond donors (Lipinski definition) is 1. The Morgan fingerprint density at radius 2 is 1.21 bits per heavy atom. The number of nitrogens with one attached hydrogen (secondary N) is 1. The van der Waals surface area contributed by atoms with Crippen molar-refractivity contribution in [3.05, 3.63) is 108 Å². The van der Waals surface area contributed by atoms with E-state index in [1.165, 1.54) is 16.7 Å². The van der Waals surface area contributed by atoms with Crippen molar-refractivity contribution < 1.29 is 4.79 Å². The molecule has 0 aliphatic carbocycles. The second-order valence-electron chi connectivity index (χ2n) is 6.83. The smallest absolute Gasteiger partial charge is 0.232 e. The molecule has 0 saturated heterocycles. The Labute approximate surface area is 172 Å². The molecule has 3 heteroatoms. The molecule has 0 fully saturated rings. The Kier molecular flexibility index (Phi) is 6.94. The largest absolute Gasteiger partial charge is 0.355 e. The van der Waals surface area contributed by atoms with Crippen molar-refractivity contribution >= 4 is 17.7 Å². The topological polar surface area (TPSA) is 29.1 Å². The number of amides is 1. The third-order valence-electron chi connectivity index (χ3n) is 4.81. The second kappa shape index (κ2) is 9.61. The third kappa shape index (κ3) is 4.31. The van der Waals surface area contributed by atoms with Gasteiger partial charge in [0.05, 0.1) is 10.00 Å². The van der Waals surface area contributed by atoms with Gasteiger partial charge in [-0.05, 0) is 30.0 Å². The summed E-state index contributed by atoms with van der Waals surface area (Å²) in [6, 6.07) is 31.4. The second-order valence-corrected chi connectivity index (χ2v) is 8.39. The standard InChI is InChI=1S/C25H27NOS/c1-3-19-26-24(27)20(2)28-25(21-13-7-4-8-14-21,22-15-9-5-10-16-22)23-17-11-6-12-18-23/h4-18,20H,3,19H2,1-2H3,(H,26,27)/t20-/m0/s1. The molecule has 3 aromatic rings. The molecule has 2 nitrogen and oxygen atoms in total. The number of rotatable bonds is 8. The lowest BCUT2D eigenvalue weighted by molar-refractivity contribution is -0.120. The molecule has 3 aromatic carbocycles. The summed E-state index contributed by atoms with van der Waals surface area (Å²) in [5.41, 5.74) is 3.52. The lowest BCUT2D eigenvalue weighted by atomic mass is 9.84. The minimum atomic E-state index is -0.466. The van der Waals surface area contributed by atoms with E-state index >= 15 is 0 Å². The van der Waals surface area contributed by atoms with E-state index in [2.05, 4.69) is 85.0 Å². The Morgan fingerprint density at radius 3 is 1.57 bits per heavy atom. The Bertz CT molecular complexity index is 768. The normalized spacial score (nSPS) is 12.4. The summed E-state index contributed by atoms with van der Waals surface area (Å²) in [6.07, 6.45) is 0.935. The molecule has 0 saturated carbocycles. The highest BCUT2D eigenvalue weighted by Gasteiger charge is 2.39. The van der Waals surface area contributed by atoms with Gasteiger partial charge in [-0.2, -0.15) is 0 Å². The average molecular weight is 390 g/mol. The monoisotopic (exact) mass is 389 g/mol. The van der Waals surface area contributed by atoms with Crippen molar-refractivity contribution in [3.8, 4) is 0 Å². The van der Waals surface area contributed by atoms with Gasteiger partial charge in [-0.15, -0.1) is 11.8 Å². The minimum absolute atomic E-state index is 0.0824. The first-order chi connectivity index (χ1) is 13.7. The van der Waals surface area contributed by atoms with E-state index in [0.717, 1.165) is 6.42 Å². The highest BCUT2D eigenvalue weighted by Crippen LogP contribution is 2.50. The van der Waals surface area contributed by atoms with E-state index in [9.17, 15) is 4.79 Å². The summed E-state index contributed by atoms with van der Waals surface area (Å²) in [5.74, 6) is 0.0824. The van der Waals surface area contributed by atoms with Crippen molar-refractivity contribution in [1.82, 2.24) is 5.32 Å². The van der Waals surface area contributed by atoms with Gasteiger partial charge in [0, 0.05) is 6.54 Å². The SMILES string of the molecule is CCCNC(=O)[C@H](C)SC(c1ccccc1)(c1ccccc1)c1ccccc1. The first-order valence-corrected chi connectivity index (χ1v) is 10.7. The summed E-state index contributed by atoms with van der Waals surface area (Å²) in [7, 11) is 0. The maximum absolute atomic E-state index is 12.7. The highest BCUT2D eigenvalue weighted by atomic mass is 32.2. The molecule has 0 aliphatic heterocycles. The molecule has 1 N–H and O–H groups in total. The van der Waals surface area contributed by atoms with Crippen molar-refractivity contribution in [2.75, 3.05) is 6.54 Å². The lowest BCUT2D eigenvalue weighted by Gasteiger charge is -2.37. The molecule has 0 aromatic heterocycles. The average Bonchev–Trinajstić information content (AvgIpc) is 2.77. The fourth-order valence-electron chi connectivity index (χ4n) is 3.43. The van der Waals surface area contributed by atoms with Gasteiger partial charge in [-0.3, -0.25) is 4.79 Å². The van der Waals surface area contributed by atoms with Crippen LogP contribution < -0.4 is 5.32 Å². The van der Waals surface area contributed by atoms with Crippen molar-refractivity contribution in [1.29, 1.82) is 0 Å². The van der Waals surface area contributed by atoms with Crippen LogP contribution in [0.2, 0.25) is 0 Å². The van der Waals surface area contributed by atoms with Gasteiger partial charge in [-0.1, -0.05) is 97.9 Å². The van der Waals surface area contributed by atoms with E-state index in [0.29, 0.717) is 6.54 Å². The van der Waals surface area contributed by atoms with Crippen molar-refractivity contribution in [2.45, 2.75) is 30.3 Å². The quantitative estimate of drug-likeness (QED) is 0.506. The molecule has 3 rings (SSSR count). The van der Waals surface area contributed by atoms with Gasteiger partial charge >= 0.3 is 0 Å². The number of carbonyl (C=O) groups is 1. The van der Waals surface area contributed by atoms with Gasteiger partial charge in [0.15, 0.2) is 0 Å². The van der Waals surface area contributed by atoms with Gasteiger partial charge in [0.1, 0.15) is 0 Å². The first-order valence-electron chi connectivity index (χ1n) is 9.80. The lowest BCUT2D eigenvalue weighted by Crippen LogP contribution is -2.36. The number of benzene rings is 3. The molecule has 0 unspecified atom stereocenters. The molecule has 0 heterocycles. The molecule has 0 bridgehead atoms. The van der Waals surface area contributed by atoms with Crippen LogP contribution in [0.5, 0.6) is 0 Å². The minimum Gasteiger partial charge on any atom is -0.355 e. The van der Waals surface area contributed by atoms with Gasteiger partial charge < -0.3 is 5.32 Å². The molecule has 28 heavy (non-hydrogen) atoms. The zero-order chi connectivity index (χ0) is 19.8. The number of hydrogen-bond acceptors (Lipinski definition) is 2. The van der Waals surface area contributed by atoms with Crippen LogP contribution in [0.25, 0.3) is 0 Å². The zero-order valence-electron chi connectivity index (χ0n) is 16.5. The molecule has 0 radical (unpaired) electrons. The van der Waals surface area contributed by atoms with E-state index in [1.807, 2.05) is 25.1 Å². The van der Waals surface area contributed by atoms with Crippen LogP contribution in [0.1, 0.15) is 37.0 Å². The van der Waals surface area contributed by atoms with Crippen LogP contribution in [0.15, 0.2) is 91.0 Å². The first kappa shape index (κ1) is 20.2. The summed E-state index contributed by atoms with van der Waals surface area (Å²) in [4.78, 5) is 12.7. The maximum Gasteiger partial charge on any atom is 0.232 e. The van der Waals surface area contributed by atoms with Crippen LogP contribution >= 0.6 is 11.8 Å². The van der Waals surface area contributed by atoms with E-state index in [4.69, 9.17) is 0 Å². The van der Waals surface area contributed by atoms with E-state index in [1.54, 1.807) is 11.8 Å².